The van der Waals surface area contributed by atoms with E-state index in [1.165, 1.54) is 18.2 Å². The zero-order valence-corrected chi connectivity index (χ0v) is 13.4. The maximum absolute atomic E-state index is 12.3. The fraction of sp³-hybridized carbons (Fsp3) is 0.176. The van der Waals surface area contributed by atoms with Crippen LogP contribution < -0.4 is 9.50 Å². The molecule has 0 aliphatic heterocycles. The Morgan fingerprint density at radius 1 is 1.13 bits per heavy atom. The molecule has 0 fully saturated rings. The lowest BCUT2D eigenvalue weighted by Gasteiger charge is -2.16. The van der Waals surface area contributed by atoms with Gasteiger partial charge in [0.1, 0.15) is 10.6 Å². The number of nitrogens with one attached hydrogen (secondary N) is 1. The van der Waals surface area contributed by atoms with Gasteiger partial charge in [0.05, 0.1) is 6.10 Å². The van der Waals surface area contributed by atoms with Crippen LogP contribution in [0, 0.1) is 0 Å². The fourth-order valence-corrected chi connectivity index (χ4v) is 2.99. The summed E-state index contributed by atoms with van der Waals surface area (Å²) in [5.74, 6) is 0.115. The summed E-state index contributed by atoms with van der Waals surface area (Å²) >= 11 is 0. The molecule has 2 aromatic rings. The average molecular weight is 333 g/mol. The van der Waals surface area contributed by atoms with Crippen molar-refractivity contribution in [1.29, 1.82) is 0 Å². The SMILES string of the molecule is C=CCNC[C@@H](O)c1ccccc1OS(=O)(=O)c1ccccc1. The predicted octanol–water partition coefficient (Wildman–Crippen LogP) is 2.26. The molecule has 0 spiro atoms. The third-order valence-corrected chi connectivity index (χ3v) is 4.38. The topological polar surface area (TPSA) is 75.6 Å². The highest BCUT2D eigenvalue weighted by molar-refractivity contribution is 7.87. The molecule has 0 radical (unpaired) electrons. The molecule has 0 saturated heterocycles. The summed E-state index contributed by atoms with van der Waals surface area (Å²) < 4.78 is 29.8. The quantitative estimate of drug-likeness (QED) is 0.440. The van der Waals surface area contributed by atoms with Crippen molar-refractivity contribution in [3.05, 3.63) is 72.8 Å². The molecule has 6 heteroatoms. The number of hydrogen-bond acceptors (Lipinski definition) is 5. The van der Waals surface area contributed by atoms with Crippen molar-refractivity contribution >= 4 is 10.1 Å². The van der Waals surface area contributed by atoms with Gasteiger partial charge in [-0.2, -0.15) is 8.42 Å². The van der Waals surface area contributed by atoms with Gasteiger partial charge in [-0.1, -0.05) is 42.5 Å². The van der Waals surface area contributed by atoms with Gasteiger partial charge in [-0.3, -0.25) is 0 Å². The fourth-order valence-electron chi connectivity index (χ4n) is 2.02. The van der Waals surface area contributed by atoms with Gasteiger partial charge >= 0.3 is 10.1 Å². The predicted molar refractivity (Wildman–Crippen MR) is 88.7 cm³/mol. The zero-order valence-electron chi connectivity index (χ0n) is 12.6. The Morgan fingerprint density at radius 2 is 1.78 bits per heavy atom. The van der Waals surface area contributed by atoms with Crippen LogP contribution in [0.15, 0.2) is 72.1 Å². The van der Waals surface area contributed by atoms with Crippen LogP contribution in [0.3, 0.4) is 0 Å². The van der Waals surface area contributed by atoms with E-state index in [0.29, 0.717) is 12.1 Å². The van der Waals surface area contributed by atoms with E-state index in [9.17, 15) is 13.5 Å². The largest absolute Gasteiger partial charge is 0.387 e. The lowest BCUT2D eigenvalue weighted by Crippen LogP contribution is -2.22. The van der Waals surface area contributed by atoms with E-state index in [1.54, 1.807) is 42.5 Å². The normalized spacial score (nSPS) is 12.6. The van der Waals surface area contributed by atoms with Crippen LogP contribution in [0.5, 0.6) is 5.75 Å². The Kier molecular flexibility index (Phi) is 5.92. The molecule has 0 unspecified atom stereocenters. The third-order valence-electron chi connectivity index (χ3n) is 3.14. The lowest BCUT2D eigenvalue weighted by molar-refractivity contribution is 0.174. The molecule has 122 valence electrons. The van der Waals surface area contributed by atoms with Crippen LogP contribution in [-0.2, 0) is 10.1 Å². The standard InChI is InChI=1S/C17H19NO4S/c1-2-12-18-13-16(19)15-10-6-7-11-17(15)22-23(20,21)14-8-4-3-5-9-14/h2-11,16,18-19H,1,12-13H2/t16-/m1/s1. The summed E-state index contributed by atoms with van der Waals surface area (Å²) in [4.78, 5) is 0.0640. The van der Waals surface area contributed by atoms with Crippen molar-refractivity contribution in [3.8, 4) is 5.75 Å². The first-order valence-electron chi connectivity index (χ1n) is 7.13. The second-order valence-corrected chi connectivity index (χ2v) is 6.40. The van der Waals surface area contributed by atoms with Crippen molar-refractivity contribution in [3.63, 3.8) is 0 Å². The van der Waals surface area contributed by atoms with E-state index in [4.69, 9.17) is 4.18 Å². The summed E-state index contributed by atoms with van der Waals surface area (Å²) in [6, 6.07) is 14.4. The smallest absolute Gasteiger partial charge is 0.339 e. The average Bonchev–Trinajstić information content (AvgIpc) is 2.56. The van der Waals surface area contributed by atoms with Gasteiger partial charge in [-0.05, 0) is 18.2 Å². The summed E-state index contributed by atoms with van der Waals surface area (Å²) in [6.07, 6.45) is 0.784. The van der Waals surface area contributed by atoms with E-state index < -0.39 is 16.2 Å². The molecule has 0 aliphatic rings. The molecule has 0 aromatic heterocycles. The minimum Gasteiger partial charge on any atom is -0.387 e. The van der Waals surface area contributed by atoms with E-state index in [1.807, 2.05) is 0 Å². The molecule has 0 saturated carbocycles. The highest BCUT2D eigenvalue weighted by Crippen LogP contribution is 2.27. The zero-order chi connectivity index (χ0) is 16.7. The molecule has 1 atom stereocenters. The first-order chi connectivity index (χ1) is 11.0. The Hall–Kier alpha value is -2.15. The highest BCUT2D eigenvalue weighted by atomic mass is 32.2. The van der Waals surface area contributed by atoms with Crippen molar-refractivity contribution < 1.29 is 17.7 Å². The van der Waals surface area contributed by atoms with Crippen LogP contribution in [0.4, 0.5) is 0 Å². The van der Waals surface area contributed by atoms with Crippen molar-refractivity contribution in [2.24, 2.45) is 0 Å². The van der Waals surface area contributed by atoms with Crippen molar-refractivity contribution in [2.45, 2.75) is 11.0 Å². The Bertz CT molecular complexity index is 744. The van der Waals surface area contributed by atoms with Crippen molar-refractivity contribution in [1.82, 2.24) is 5.32 Å². The molecule has 5 nitrogen and oxygen atoms in total. The van der Waals surface area contributed by atoms with Crippen LogP contribution in [-0.4, -0.2) is 26.6 Å². The summed E-state index contributed by atoms with van der Waals surface area (Å²) in [5.41, 5.74) is 0.406. The molecule has 2 aromatic carbocycles. The Morgan fingerprint density at radius 3 is 2.48 bits per heavy atom. The molecule has 0 aliphatic carbocycles. The van der Waals surface area contributed by atoms with Gasteiger partial charge in [0.25, 0.3) is 0 Å². The molecular weight excluding hydrogens is 314 g/mol. The molecule has 0 bridgehead atoms. The van der Waals surface area contributed by atoms with Crippen LogP contribution in [0.25, 0.3) is 0 Å². The Labute approximate surface area is 136 Å². The number of rotatable bonds is 8. The first kappa shape index (κ1) is 17.2. The Balaban J connectivity index is 2.22. The molecule has 0 amide bonds. The van der Waals surface area contributed by atoms with E-state index in [0.717, 1.165) is 0 Å². The lowest BCUT2D eigenvalue weighted by atomic mass is 10.1. The molecule has 23 heavy (non-hydrogen) atoms. The van der Waals surface area contributed by atoms with Gasteiger partial charge in [0, 0.05) is 18.7 Å². The number of aliphatic hydroxyl groups excluding tert-OH is 1. The van der Waals surface area contributed by atoms with E-state index in [2.05, 4.69) is 11.9 Å². The number of benzene rings is 2. The molecule has 0 heterocycles. The summed E-state index contributed by atoms with van der Waals surface area (Å²) in [7, 11) is -3.94. The first-order valence-corrected chi connectivity index (χ1v) is 8.53. The molecule has 2 rings (SSSR count). The van der Waals surface area contributed by atoms with E-state index in [-0.39, 0.29) is 17.2 Å². The maximum atomic E-state index is 12.3. The molecule has 2 N–H and O–H groups in total. The molecular formula is C17H19NO4S. The van der Waals surface area contributed by atoms with E-state index >= 15 is 0 Å². The minimum atomic E-state index is -3.94. The minimum absolute atomic E-state index is 0.0640. The summed E-state index contributed by atoms with van der Waals surface area (Å²) in [5, 5.41) is 13.2. The van der Waals surface area contributed by atoms with Gasteiger partial charge in [0.15, 0.2) is 0 Å². The number of aliphatic hydroxyl groups is 1. The van der Waals surface area contributed by atoms with Crippen LogP contribution in [0.2, 0.25) is 0 Å². The van der Waals surface area contributed by atoms with Gasteiger partial charge < -0.3 is 14.6 Å². The maximum Gasteiger partial charge on any atom is 0.339 e. The second kappa shape index (κ2) is 7.92. The van der Waals surface area contributed by atoms with Gasteiger partial charge in [-0.15, -0.1) is 6.58 Å². The number of hydrogen-bond donors (Lipinski definition) is 2. The summed E-state index contributed by atoms with van der Waals surface area (Å²) in [6.45, 7) is 4.39. The highest BCUT2D eigenvalue weighted by Gasteiger charge is 2.20. The monoisotopic (exact) mass is 333 g/mol. The third kappa shape index (κ3) is 4.66. The number of para-hydroxylation sites is 1. The van der Waals surface area contributed by atoms with Crippen LogP contribution in [0.1, 0.15) is 11.7 Å². The van der Waals surface area contributed by atoms with Gasteiger partial charge in [0.2, 0.25) is 0 Å². The van der Waals surface area contributed by atoms with Crippen molar-refractivity contribution in [2.75, 3.05) is 13.1 Å². The van der Waals surface area contributed by atoms with Gasteiger partial charge in [-0.25, -0.2) is 0 Å². The second-order valence-electron chi connectivity index (χ2n) is 4.85. The van der Waals surface area contributed by atoms with Crippen LogP contribution >= 0.6 is 0 Å².